The van der Waals surface area contributed by atoms with Crippen LogP contribution in [0.2, 0.25) is 0 Å². The fourth-order valence-corrected chi connectivity index (χ4v) is 3.23. The Hall–Kier alpha value is -3.74. The van der Waals surface area contributed by atoms with E-state index in [2.05, 4.69) is 14.9 Å². The summed E-state index contributed by atoms with van der Waals surface area (Å²) >= 11 is 0. The van der Waals surface area contributed by atoms with Gasteiger partial charge in [0.25, 0.3) is 0 Å². The average Bonchev–Trinajstić information content (AvgIpc) is 3.28. The summed E-state index contributed by atoms with van der Waals surface area (Å²) in [5.41, 5.74) is 1.85. The number of hydrogen-bond donors (Lipinski definition) is 1. The van der Waals surface area contributed by atoms with Crippen molar-refractivity contribution >= 4 is 12.0 Å². The Morgan fingerprint density at radius 2 is 1.77 bits per heavy atom. The van der Waals surface area contributed by atoms with Crippen molar-refractivity contribution < 1.29 is 19.0 Å². The monoisotopic (exact) mass is 421 g/mol. The number of nitrogens with one attached hydrogen (secondary N) is 1. The van der Waals surface area contributed by atoms with Crippen LogP contribution in [0, 0.1) is 0 Å². The molecule has 31 heavy (non-hydrogen) atoms. The predicted octanol–water partition coefficient (Wildman–Crippen LogP) is 3.80. The molecule has 0 radical (unpaired) electrons. The van der Waals surface area contributed by atoms with Crippen molar-refractivity contribution in [1.82, 2.24) is 14.9 Å². The molecule has 3 rings (SSSR count). The van der Waals surface area contributed by atoms with Gasteiger partial charge in [-0.2, -0.15) is 0 Å². The lowest BCUT2D eigenvalue weighted by Crippen LogP contribution is -2.23. The lowest BCUT2D eigenvalue weighted by Gasteiger charge is -2.12. The number of aromatic nitrogens is 2. The molecule has 0 saturated heterocycles. The molecule has 0 atom stereocenters. The minimum Gasteiger partial charge on any atom is -0.493 e. The Kier molecular flexibility index (Phi) is 7.70. The highest BCUT2D eigenvalue weighted by molar-refractivity contribution is 5.91. The number of rotatable bonds is 10. The number of methoxy groups -OCH3 is 3. The minimum atomic E-state index is -0.164. The van der Waals surface area contributed by atoms with E-state index < -0.39 is 0 Å². The van der Waals surface area contributed by atoms with Gasteiger partial charge in [-0.1, -0.05) is 30.3 Å². The third kappa shape index (κ3) is 5.66. The van der Waals surface area contributed by atoms with E-state index in [0.29, 0.717) is 23.8 Å². The van der Waals surface area contributed by atoms with Crippen LogP contribution in [0.15, 0.2) is 60.9 Å². The van der Waals surface area contributed by atoms with Gasteiger partial charge >= 0.3 is 0 Å². The maximum Gasteiger partial charge on any atom is 0.244 e. The fourth-order valence-electron chi connectivity index (χ4n) is 3.23. The third-order valence-electron chi connectivity index (χ3n) is 4.74. The standard InChI is InChI=1S/C24H27N3O4/c1-29-20-16-18(17-21(30-2)23(20)31-3)10-11-22(28)25-12-7-14-27-15-13-26-24(27)19-8-5-4-6-9-19/h4-6,8-11,13,15-17H,7,12,14H2,1-3H3,(H,25,28)/b11-10+. The van der Waals surface area contributed by atoms with Gasteiger partial charge in [-0.3, -0.25) is 4.79 Å². The highest BCUT2D eigenvalue weighted by Gasteiger charge is 2.12. The van der Waals surface area contributed by atoms with Crippen molar-refractivity contribution in [3.63, 3.8) is 0 Å². The van der Waals surface area contributed by atoms with Crippen molar-refractivity contribution in [3.05, 3.63) is 66.5 Å². The van der Waals surface area contributed by atoms with E-state index in [4.69, 9.17) is 14.2 Å². The number of aryl methyl sites for hydroxylation is 1. The van der Waals surface area contributed by atoms with Crippen LogP contribution >= 0.6 is 0 Å². The topological polar surface area (TPSA) is 74.6 Å². The van der Waals surface area contributed by atoms with Gasteiger partial charge < -0.3 is 24.1 Å². The highest BCUT2D eigenvalue weighted by Crippen LogP contribution is 2.38. The highest BCUT2D eigenvalue weighted by atomic mass is 16.5. The first-order valence-corrected chi connectivity index (χ1v) is 9.98. The number of hydrogen-bond acceptors (Lipinski definition) is 5. The van der Waals surface area contributed by atoms with Gasteiger partial charge in [0.1, 0.15) is 5.82 Å². The van der Waals surface area contributed by atoms with E-state index in [9.17, 15) is 4.79 Å². The number of carbonyl (C=O) groups is 1. The number of carbonyl (C=O) groups excluding carboxylic acids is 1. The van der Waals surface area contributed by atoms with Crippen molar-refractivity contribution in [2.24, 2.45) is 0 Å². The summed E-state index contributed by atoms with van der Waals surface area (Å²) in [6, 6.07) is 13.6. The third-order valence-corrected chi connectivity index (χ3v) is 4.74. The minimum absolute atomic E-state index is 0.164. The van der Waals surface area contributed by atoms with Gasteiger partial charge in [0.05, 0.1) is 21.3 Å². The van der Waals surface area contributed by atoms with E-state index in [1.54, 1.807) is 45.7 Å². The molecule has 2 aromatic carbocycles. The molecule has 1 amide bonds. The number of nitrogens with zero attached hydrogens (tertiary/aromatic N) is 2. The largest absolute Gasteiger partial charge is 0.493 e. The van der Waals surface area contributed by atoms with Gasteiger partial charge in [-0.05, 0) is 30.2 Å². The van der Waals surface area contributed by atoms with E-state index in [0.717, 1.165) is 29.9 Å². The summed E-state index contributed by atoms with van der Waals surface area (Å²) in [5.74, 6) is 2.35. The van der Waals surface area contributed by atoms with Gasteiger partial charge in [-0.15, -0.1) is 0 Å². The Morgan fingerprint density at radius 1 is 1.06 bits per heavy atom. The summed E-state index contributed by atoms with van der Waals surface area (Å²) < 4.78 is 18.1. The molecule has 0 bridgehead atoms. The Morgan fingerprint density at radius 3 is 2.42 bits per heavy atom. The molecule has 162 valence electrons. The second kappa shape index (κ2) is 10.9. The number of imidazole rings is 1. The van der Waals surface area contributed by atoms with E-state index >= 15 is 0 Å². The molecule has 0 aliphatic heterocycles. The number of amides is 1. The maximum atomic E-state index is 12.2. The van der Waals surface area contributed by atoms with Gasteiger partial charge in [-0.25, -0.2) is 4.98 Å². The molecule has 1 aromatic heterocycles. The van der Waals surface area contributed by atoms with Crippen molar-refractivity contribution in [2.45, 2.75) is 13.0 Å². The molecule has 0 unspecified atom stereocenters. The molecular formula is C24H27N3O4. The second-order valence-electron chi connectivity index (χ2n) is 6.75. The van der Waals surface area contributed by atoms with Crippen molar-refractivity contribution in [1.29, 1.82) is 0 Å². The van der Waals surface area contributed by atoms with Gasteiger partial charge in [0.15, 0.2) is 11.5 Å². The van der Waals surface area contributed by atoms with Crippen LogP contribution in [0.5, 0.6) is 17.2 Å². The zero-order valence-corrected chi connectivity index (χ0v) is 18.0. The van der Waals surface area contributed by atoms with Crippen LogP contribution in [0.1, 0.15) is 12.0 Å². The maximum absolute atomic E-state index is 12.2. The molecule has 0 aliphatic carbocycles. The summed E-state index contributed by atoms with van der Waals surface area (Å²) in [4.78, 5) is 16.6. The van der Waals surface area contributed by atoms with E-state index in [-0.39, 0.29) is 5.91 Å². The van der Waals surface area contributed by atoms with Crippen LogP contribution in [0.25, 0.3) is 17.5 Å². The SMILES string of the molecule is COc1cc(/C=C/C(=O)NCCCn2ccnc2-c2ccccc2)cc(OC)c1OC. The number of benzene rings is 2. The van der Waals surface area contributed by atoms with Gasteiger partial charge in [0.2, 0.25) is 11.7 Å². The Bertz CT molecular complexity index is 1000. The van der Waals surface area contributed by atoms with Crippen molar-refractivity contribution in [2.75, 3.05) is 27.9 Å². The van der Waals surface area contributed by atoms with Crippen LogP contribution in [0.4, 0.5) is 0 Å². The Labute approximate surface area is 182 Å². The molecule has 1 heterocycles. The normalized spacial score (nSPS) is 10.8. The number of ether oxygens (including phenoxy) is 3. The molecule has 3 aromatic rings. The van der Waals surface area contributed by atoms with Crippen LogP contribution in [-0.2, 0) is 11.3 Å². The first kappa shape index (κ1) is 22.0. The quantitative estimate of drug-likeness (QED) is 0.398. The molecule has 0 fully saturated rings. The lowest BCUT2D eigenvalue weighted by molar-refractivity contribution is -0.116. The van der Waals surface area contributed by atoms with E-state index in [1.807, 2.05) is 36.5 Å². The summed E-state index contributed by atoms with van der Waals surface area (Å²) in [5, 5.41) is 2.91. The molecule has 0 aliphatic rings. The molecule has 7 heteroatoms. The molecule has 0 spiro atoms. The lowest BCUT2D eigenvalue weighted by atomic mass is 10.1. The summed E-state index contributed by atoms with van der Waals surface area (Å²) in [6.07, 6.45) is 7.74. The zero-order chi connectivity index (χ0) is 22.1. The fraction of sp³-hybridized carbons (Fsp3) is 0.250. The Balaban J connectivity index is 1.53. The first-order valence-electron chi connectivity index (χ1n) is 9.98. The second-order valence-corrected chi connectivity index (χ2v) is 6.75. The van der Waals surface area contributed by atoms with Crippen LogP contribution < -0.4 is 19.5 Å². The smallest absolute Gasteiger partial charge is 0.244 e. The van der Waals surface area contributed by atoms with Crippen LogP contribution in [0.3, 0.4) is 0 Å². The zero-order valence-electron chi connectivity index (χ0n) is 18.0. The first-order chi connectivity index (χ1) is 15.2. The molecular weight excluding hydrogens is 394 g/mol. The van der Waals surface area contributed by atoms with E-state index in [1.165, 1.54) is 6.08 Å². The van der Waals surface area contributed by atoms with Gasteiger partial charge in [0, 0.05) is 37.1 Å². The van der Waals surface area contributed by atoms with Crippen molar-refractivity contribution in [3.8, 4) is 28.6 Å². The summed E-state index contributed by atoms with van der Waals surface area (Å²) in [7, 11) is 4.66. The molecule has 0 saturated carbocycles. The average molecular weight is 421 g/mol. The van der Waals surface area contributed by atoms with Crippen LogP contribution in [-0.4, -0.2) is 43.3 Å². The summed E-state index contributed by atoms with van der Waals surface area (Å²) in [6.45, 7) is 1.33. The predicted molar refractivity (Wildman–Crippen MR) is 120 cm³/mol. The molecule has 1 N–H and O–H groups in total. The molecule has 7 nitrogen and oxygen atoms in total.